The molecule has 0 aliphatic carbocycles. The molecule has 0 unspecified atom stereocenters. The molecule has 0 aromatic carbocycles. The Hall–Kier alpha value is -0.780. The molecule has 0 bridgehead atoms. The SMILES string of the molecule is O=C(Cl)CCCCCCCCCCCOC(=O)C(F)(F)F. The number of rotatable bonds is 12. The van der Waals surface area contributed by atoms with Crippen LogP contribution in [0.1, 0.15) is 64.2 Å². The van der Waals surface area contributed by atoms with Crippen molar-refractivity contribution in [3.05, 3.63) is 0 Å². The first kappa shape index (κ1) is 20.2. The van der Waals surface area contributed by atoms with Crippen LogP contribution in [0.3, 0.4) is 0 Å². The predicted molar refractivity (Wildman–Crippen MR) is 74.0 cm³/mol. The summed E-state index contributed by atoms with van der Waals surface area (Å²) < 4.78 is 39.5. The summed E-state index contributed by atoms with van der Waals surface area (Å²) in [7, 11) is 0. The predicted octanol–water partition coefficient (Wildman–Crippen LogP) is 4.76. The van der Waals surface area contributed by atoms with Gasteiger partial charge in [0.25, 0.3) is 0 Å². The highest BCUT2D eigenvalue weighted by molar-refractivity contribution is 6.63. The molecule has 0 fully saturated rings. The molecular formula is C14H22ClF3O3. The fraction of sp³-hybridized carbons (Fsp3) is 0.857. The van der Waals surface area contributed by atoms with Crippen LogP contribution in [0.5, 0.6) is 0 Å². The van der Waals surface area contributed by atoms with Crippen LogP contribution in [-0.2, 0) is 14.3 Å². The highest BCUT2D eigenvalue weighted by atomic mass is 35.5. The number of carbonyl (C=O) groups excluding carboxylic acids is 2. The molecule has 0 saturated carbocycles. The Bertz CT molecular complexity index is 306. The zero-order chi connectivity index (χ0) is 16.1. The average Bonchev–Trinajstić information content (AvgIpc) is 2.38. The maximum atomic E-state index is 11.8. The number of halogens is 4. The summed E-state index contributed by atoms with van der Waals surface area (Å²) in [5.41, 5.74) is 0. The van der Waals surface area contributed by atoms with Gasteiger partial charge in [-0.2, -0.15) is 13.2 Å². The van der Waals surface area contributed by atoms with Crippen molar-refractivity contribution in [1.29, 1.82) is 0 Å². The van der Waals surface area contributed by atoms with Crippen LogP contribution >= 0.6 is 11.6 Å². The maximum Gasteiger partial charge on any atom is 0.490 e. The van der Waals surface area contributed by atoms with Gasteiger partial charge in [-0.3, -0.25) is 4.79 Å². The lowest BCUT2D eigenvalue weighted by molar-refractivity contribution is -0.199. The van der Waals surface area contributed by atoms with Crippen LogP contribution < -0.4 is 0 Å². The molecule has 7 heteroatoms. The number of esters is 1. The largest absolute Gasteiger partial charge is 0.490 e. The van der Waals surface area contributed by atoms with Crippen LogP contribution in [0, 0.1) is 0 Å². The molecule has 0 aromatic rings. The summed E-state index contributed by atoms with van der Waals surface area (Å²) in [4.78, 5) is 20.9. The molecule has 0 N–H and O–H groups in total. The minimum atomic E-state index is -4.89. The van der Waals surface area contributed by atoms with Crippen LogP contribution in [-0.4, -0.2) is 24.0 Å². The molecule has 3 nitrogen and oxygen atoms in total. The van der Waals surface area contributed by atoms with Crippen molar-refractivity contribution >= 4 is 22.8 Å². The normalized spacial score (nSPS) is 11.4. The average molecular weight is 331 g/mol. The van der Waals surface area contributed by atoms with Gasteiger partial charge in [0.15, 0.2) is 0 Å². The van der Waals surface area contributed by atoms with E-state index in [4.69, 9.17) is 11.6 Å². The zero-order valence-electron chi connectivity index (χ0n) is 12.0. The van der Waals surface area contributed by atoms with Crippen molar-refractivity contribution in [3.63, 3.8) is 0 Å². The van der Waals surface area contributed by atoms with Gasteiger partial charge in [-0.25, -0.2) is 4.79 Å². The lowest BCUT2D eigenvalue weighted by Gasteiger charge is -2.07. The Morgan fingerprint density at radius 3 is 1.67 bits per heavy atom. The van der Waals surface area contributed by atoms with Crippen molar-refractivity contribution in [3.8, 4) is 0 Å². The Balaban J connectivity index is 3.20. The van der Waals surface area contributed by atoms with Crippen molar-refractivity contribution < 1.29 is 27.5 Å². The van der Waals surface area contributed by atoms with Gasteiger partial charge in [0.1, 0.15) is 0 Å². The summed E-state index contributed by atoms with van der Waals surface area (Å²) in [5.74, 6) is -2.11. The molecule has 0 radical (unpaired) electrons. The van der Waals surface area contributed by atoms with Crippen LogP contribution in [0.25, 0.3) is 0 Å². The van der Waals surface area contributed by atoms with E-state index in [2.05, 4.69) is 4.74 Å². The summed E-state index contributed by atoms with van der Waals surface area (Å²) in [6.45, 7) is -0.176. The minimum absolute atomic E-state index is 0.176. The van der Waals surface area contributed by atoms with Gasteiger partial charge in [-0.1, -0.05) is 44.9 Å². The van der Waals surface area contributed by atoms with E-state index in [0.29, 0.717) is 12.8 Å². The summed E-state index contributed by atoms with van der Waals surface area (Å²) in [6, 6.07) is 0. The van der Waals surface area contributed by atoms with E-state index < -0.39 is 12.1 Å². The molecule has 0 amide bonds. The van der Waals surface area contributed by atoms with Crippen molar-refractivity contribution in [1.82, 2.24) is 0 Å². The molecular weight excluding hydrogens is 309 g/mol. The number of unbranched alkanes of at least 4 members (excludes halogenated alkanes) is 8. The van der Waals surface area contributed by atoms with E-state index in [9.17, 15) is 22.8 Å². The Labute approximate surface area is 128 Å². The molecule has 0 aromatic heterocycles. The third-order valence-electron chi connectivity index (χ3n) is 2.98. The third kappa shape index (κ3) is 13.9. The third-order valence-corrected chi connectivity index (χ3v) is 3.17. The first-order valence-electron chi connectivity index (χ1n) is 7.26. The van der Waals surface area contributed by atoms with Crippen LogP contribution in [0.4, 0.5) is 13.2 Å². The quantitative estimate of drug-likeness (QED) is 0.294. The van der Waals surface area contributed by atoms with Gasteiger partial charge in [0, 0.05) is 6.42 Å². The number of hydrogen-bond donors (Lipinski definition) is 0. The fourth-order valence-electron chi connectivity index (χ4n) is 1.85. The van der Waals surface area contributed by atoms with Gasteiger partial charge in [-0.05, 0) is 24.4 Å². The van der Waals surface area contributed by atoms with Gasteiger partial charge < -0.3 is 4.74 Å². The highest BCUT2D eigenvalue weighted by Gasteiger charge is 2.40. The smallest absolute Gasteiger partial charge is 0.459 e. The van der Waals surface area contributed by atoms with Crippen LogP contribution in [0.15, 0.2) is 0 Å². The van der Waals surface area contributed by atoms with E-state index in [-0.39, 0.29) is 11.8 Å². The molecule has 0 atom stereocenters. The summed E-state index contributed by atoms with van der Waals surface area (Å²) in [5, 5.41) is -0.291. The van der Waals surface area contributed by atoms with Crippen molar-refractivity contribution in [2.75, 3.05) is 6.61 Å². The Kier molecular flexibility index (Phi) is 11.4. The van der Waals surface area contributed by atoms with Crippen LogP contribution in [0.2, 0.25) is 0 Å². The monoisotopic (exact) mass is 330 g/mol. The Morgan fingerprint density at radius 1 is 0.810 bits per heavy atom. The molecule has 0 heterocycles. The minimum Gasteiger partial charge on any atom is -0.459 e. The number of alkyl halides is 3. The number of carbonyl (C=O) groups is 2. The second kappa shape index (κ2) is 11.8. The molecule has 0 aliphatic rings. The van der Waals surface area contributed by atoms with E-state index in [1.165, 1.54) is 0 Å². The Morgan fingerprint density at radius 2 is 1.24 bits per heavy atom. The topological polar surface area (TPSA) is 43.4 Å². The highest BCUT2D eigenvalue weighted by Crippen LogP contribution is 2.17. The summed E-state index contributed by atoms with van der Waals surface area (Å²) >= 11 is 5.21. The van der Waals surface area contributed by atoms with E-state index in [1.54, 1.807) is 0 Å². The van der Waals surface area contributed by atoms with Crippen molar-refractivity contribution in [2.24, 2.45) is 0 Å². The first-order valence-corrected chi connectivity index (χ1v) is 7.64. The van der Waals surface area contributed by atoms with Gasteiger partial charge in [0.05, 0.1) is 6.61 Å². The van der Waals surface area contributed by atoms with Crippen molar-refractivity contribution in [2.45, 2.75) is 70.4 Å². The van der Waals surface area contributed by atoms with E-state index in [1.807, 2.05) is 0 Å². The van der Waals surface area contributed by atoms with Gasteiger partial charge in [0.2, 0.25) is 5.24 Å². The van der Waals surface area contributed by atoms with Gasteiger partial charge >= 0.3 is 12.1 Å². The number of ether oxygens (including phenoxy) is 1. The molecule has 0 rings (SSSR count). The van der Waals surface area contributed by atoms with E-state index >= 15 is 0 Å². The first-order chi connectivity index (χ1) is 9.84. The molecule has 0 saturated heterocycles. The molecule has 0 spiro atoms. The molecule has 124 valence electrons. The second-order valence-electron chi connectivity index (χ2n) is 4.92. The standard InChI is InChI=1S/C14H22ClF3O3/c15-12(19)10-8-6-4-2-1-3-5-7-9-11-21-13(20)14(16,17)18/h1-11H2. The van der Waals surface area contributed by atoms with E-state index in [0.717, 1.165) is 51.4 Å². The summed E-state index contributed by atoms with van der Waals surface area (Å²) in [6.07, 6.45) is 3.71. The second-order valence-corrected chi connectivity index (χ2v) is 5.34. The molecule has 21 heavy (non-hydrogen) atoms. The fourth-order valence-corrected chi connectivity index (χ4v) is 1.98. The zero-order valence-corrected chi connectivity index (χ0v) is 12.8. The number of hydrogen-bond acceptors (Lipinski definition) is 3. The lowest BCUT2D eigenvalue weighted by Crippen LogP contribution is -2.25. The maximum absolute atomic E-state index is 11.8. The lowest BCUT2D eigenvalue weighted by atomic mass is 10.1. The molecule has 0 aliphatic heterocycles. The van der Waals surface area contributed by atoms with Gasteiger partial charge in [-0.15, -0.1) is 0 Å².